The van der Waals surface area contributed by atoms with Gasteiger partial charge in [0.1, 0.15) is 5.92 Å². The average molecular weight is 236 g/mol. The molecule has 1 saturated heterocycles. The van der Waals surface area contributed by atoms with E-state index in [1.54, 1.807) is 4.90 Å². The summed E-state index contributed by atoms with van der Waals surface area (Å²) in [4.78, 5) is 24.1. The lowest BCUT2D eigenvalue weighted by Crippen LogP contribution is -2.31. The molecule has 0 spiro atoms. The molecule has 1 aliphatic heterocycles. The van der Waals surface area contributed by atoms with Crippen LogP contribution in [0.1, 0.15) is 12.8 Å². The molecule has 5 heteroatoms. The van der Waals surface area contributed by atoms with Gasteiger partial charge in [-0.25, -0.2) is 0 Å². The molecule has 0 bridgehead atoms. The standard InChI is InChI=1S/C12H16N2O3/c15-11-10(12(16)17)4-9-14(11)8-3-7-13-5-1-2-6-13/h1-2,5-6,10H,3-4,7-9H2,(H,16,17)/t10-/m0/s1. The van der Waals surface area contributed by atoms with Crippen molar-refractivity contribution in [2.45, 2.75) is 19.4 Å². The predicted molar refractivity (Wildman–Crippen MR) is 61.4 cm³/mol. The Labute approximate surface area is 99.6 Å². The SMILES string of the molecule is O=C(O)[C@H]1CCN(CCCn2cccc2)C1=O. The fourth-order valence-corrected chi connectivity index (χ4v) is 2.15. The molecule has 1 N–H and O–H groups in total. The van der Waals surface area contributed by atoms with Gasteiger partial charge in [-0.3, -0.25) is 9.59 Å². The van der Waals surface area contributed by atoms with Gasteiger partial charge >= 0.3 is 5.97 Å². The first-order valence-corrected chi connectivity index (χ1v) is 5.81. The maximum absolute atomic E-state index is 11.7. The van der Waals surface area contributed by atoms with Crippen molar-refractivity contribution in [3.05, 3.63) is 24.5 Å². The average Bonchev–Trinajstić information content (AvgIpc) is 2.89. The van der Waals surface area contributed by atoms with Gasteiger partial charge in [-0.15, -0.1) is 0 Å². The Hall–Kier alpha value is -1.78. The molecule has 17 heavy (non-hydrogen) atoms. The minimum Gasteiger partial charge on any atom is -0.481 e. The number of carboxylic acid groups (broad SMARTS) is 1. The molecule has 0 saturated carbocycles. The maximum Gasteiger partial charge on any atom is 0.316 e. The van der Waals surface area contributed by atoms with Crippen molar-refractivity contribution in [2.75, 3.05) is 13.1 Å². The monoisotopic (exact) mass is 236 g/mol. The van der Waals surface area contributed by atoms with Crippen LogP contribution in [-0.2, 0) is 16.1 Å². The Morgan fingerprint density at radius 2 is 2.06 bits per heavy atom. The highest BCUT2D eigenvalue weighted by Gasteiger charge is 2.36. The van der Waals surface area contributed by atoms with Crippen LogP contribution in [0.25, 0.3) is 0 Å². The number of aryl methyl sites for hydroxylation is 1. The zero-order chi connectivity index (χ0) is 12.3. The fraction of sp³-hybridized carbons (Fsp3) is 0.500. The van der Waals surface area contributed by atoms with E-state index in [0.717, 1.165) is 13.0 Å². The van der Waals surface area contributed by atoms with E-state index in [2.05, 4.69) is 4.57 Å². The molecule has 92 valence electrons. The summed E-state index contributed by atoms with van der Waals surface area (Å²) in [5, 5.41) is 8.83. The quantitative estimate of drug-likeness (QED) is 0.769. The summed E-state index contributed by atoms with van der Waals surface area (Å²) in [7, 11) is 0. The molecule has 1 aromatic rings. The summed E-state index contributed by atoms with van der Waals surface area (Å²) in [6.07, 6.45) is 5.25. The van der Waals surface area contributed by atoms with Crippen LogP contribution < -0.4 is 0 Å². The van der Waals surface area contributed by atoms with Gasteiger partial charge in [0, 0.05) is 32.0 Å². The van der Waals surface area contributed by atoms with Crippen molar-refractivity contribution < 1.29 is 14.7 Å². The van der Waals surface area contributed by atoms with Crippen molar-refractivity contribution in [1.29, 1.82) is 0 Å². The van der Waals surface area contributed by atoms with Crippen LogP contribution in [0.15, 0.2) is 24.5 Å². The number of aliphatic carboxylic acids is 1. The predicted octanol–water partition coefficient (Wildman–Crippen LogP) is 0.811. The van der Waals surface area contributed by atoms with E-state index in [1.807, 2.05) is 24.5 Å². The van der Waals surface area contributed by atoms with Gasteiger partial charge in [-0.2, -0.15) is 0 Å². The van der Waals surface area contributed by atoms with Crippen molar-refractivity contribution >= 4 is 11.9 Å². The van der Waals surface area contributed by atoms with Gasteiger partial charge in [-0.05, 0) is 25.0 Å². The first-order chi connectivity index (χ1) is 8.18. The highest BCUT2D eigenvalue weighted by Crippen LogP contribution is 2.18. The largest absolute Gasteiger partial charge is 0.481 e. The number of carbonyl (C=O) groups excluding carboxylic acids is 1. The smallest absolute Gasteiger partial charge is 0.316 e. The zero-order valence-corrected chi connectivity index (χ0v) is 9.58. The number of carboxylic acids is 1. The summed E-state index contributed by atoms with van der Waals surface area (Å²) < 4.78 is 2.05. The molecular formula is C12H16N2O3. The number of amides is 1. The molecule has 0 radical (unpaired) electrons. The summed E-state index contributed by atoms with van der Waals surface area (Å²) in [5.74, 6) is -2.05. The minimum atomic E-state index is -0.997. The first kappa shape index (κ1) is 11.7. The van der Waals surface area contributed by atoms with E-state index in [0.29, 0.717) is 19.5 Å². The molecule has 1 fully saturated rings. The van der Waals surface area contributed by atoms with Crippen LogP contribution in [0.5, 0.6) is 0 Å². The normalized spacial score (nSPS) is 19.9. The number of hydrogen-bond acceptors (Lipinski definition) is 2. The van der Waals surface area contributed by atoms with Crippen LogP contribution in [0.3, 0.4) is 0 Å². The highest BCUT2D eigenvalue weighted by molar-refractivity contribution is 5.98. The third kappa shape index (κ3) is 2.67. The van der Waals surface area contributed by atoms with Crippen LogP contribution in [0, 0.1) is 5.92 Å². The number of nitrogens with zero attached hydrogens (tertiary/aromatic N) is 2. The molecule has 1 amide bonds. The van der Waals surface area contributed by atoms with Gasteiger partial charge in [0.25, 0.3) is 0 Å². The van der Waals surface area contributed by atoms with Crippen molar-refractivity contribution in [1.82, 2.24) is 9.47 Å². The van der Waals surface area contributed by atoms with Crippen molar-refractivity contribution in [2.24, 2.45) is 5.92 Å². The van der Waals surface area contributed by atoms with E-state index >= 15 is 0 Å². The molecule has 1 aliphatic rings. The van der Waals surface area contributed by atoms with Gasteiger partial charge in [0.05, 0.1) is 0 Å². The van der Waals surface area contributed by atoms with Gasteiger partial charge < -0.3 is 14.6 Å². The molecular weight excluding hydrogens is 220 g/mol. The molecule has 2 heterocycles. The van der Waals surface area contributed by atoms with Crippen LogP contribution in [-0.4, -0.2) is 39.5 Å². The lowest BCUT2D eigenvalue weighted by atomic mass is 10.1. The lowest BCUT2D eigenvalue weighted by molar-refractivity contribution is -0.147. The van der Waals surface area contributed by atoms with E-state index in [1.165, 1.54) is 0 Å². The third-order valence-corrected chi connectivity index (χ3v) is 3.11. The Balaban J connectivity index is 1.77. The lowest BCUT2D eigenvalue weighted by Gasteiger charge is -2.15. The van der Waals surface area contributed by atoms with Crippen LogP contribution >= 0.6 is 0 Å². The Bertz CT molecular complexity index is 400. The van der Waals surface area contributed by atoms with Crippen LogP contribution in [0.2, 0.25) is 0 Å². The van der Waals surface area contributed by atoms with Gasteiger partial charge in [-0.1, -0.05) is 0 Å². The Kier molecular flexibility index (Phi) is 3.46. The highest BCUT2D eigenvalue weighted by atomic mass is 16.4. The number of hydrogen-bond donors (Lipinski definition) is 1. The number of aromatic nitrogens is 1. The van der Waals surface area contributed by atoms with E-state index < -0.39 is 11.9 Å². The second-order valence-electron chi connectivity index (χ2n) is 4.28. The summed E-state index contributed by atoms with van der Waals surface area (Å²) in [5.41, 5.74) is 0. The third-order valence-electron chi connectivity index (χ3n) is 3.11. The summed E-state index contributed by atoms with van der Waals surface area (Å²) in [6.45, 7) is 2.07. The first-order valence-electron chi connectivity index (χ1n) is 5.81. The Morgan fingerprint density at radius 1 is 1.35 bits per heavy atom. The number of rotatable bonds is 5. The summed E-state index contributed by atoms with van der Waals surface area (Å²) in [6, 6.07) is 3.92. The summed E-state index contributed by atoms with van der Waals surface area (Å²) >= 11 is 0. The van der Waals surface area contributed by atoms with E-state index in [4.69, 9.17) is 5.11 Å². The van der Waals surface area contributed by atoms with Crippen molar-refractivity contribution in [3.63, 3.8) is 0 Å². The Morgan fingerprint density at radius 3 is 2.65 bits per heavy atom. The van der Waals surface area contributed by atoms with Crippen LogP contribution in [0.4, 0.5) is 0 Å². The van der Waals surface area contributed by atoms with E-state index in [-0.39, 0.29) is 5.91 Å². The van der Waals surface area contributed by atoms with Gasteiger partial charge in [0.2, 0.25) is 5.91 Å². The molecule has 1 atom stereocenters. The number of carbonyl (C=O) groups is 2. The molecule has 0 aliphatic carbocycles. The second kappa shape index (κ2) is 5.03. The van der Waals surface area contributed by atoms with E-state index in [9.17, 15) is 9.59 Å². The number of likely N-dealkylation sites (tertiary alicyclic amines) is 1. The minimum absolute atomic E-state index is 0.231. The molecule has 2 rings (SSSR count). The van der Waals surface area contributed by atoms with Gasteiger partial charge in [0.15, 0.2) is 0 Å². The molecule has 0 aromatic carbocycles. The fourth-order valence-electron chi connectivity index (χ4n) is 2.15. The topological polar surface area (TPSA) is 62.5 Å². The van der Waals surface area contributed by atoms with Crippen molar-refractivity contribution in [3.8, 4) is 0 Å². The second-order valence-corrected chi connectivity index (χ2v) is 4.28. The molecule has 0 unspecified atom stereocenters. The maximum atomic E-state index is 11.7. The zero-order valence-electron chi connectivity index (χ0n) is 9.58. The molecule has 1 aromatic heterocycles. The molecule has 5 nitrogen and oxygen atoms in total.